The van der Waals surface area contributed by atoms with E-state index in [1.807, 2.05) is 6.07 Å². The maximum atomic E-state index is 13.4. The molecule has 1 N–H and O–H groups in total. The number of aromatic nitrogens is 1. The van der Waals surface area contributed by atoms with Crippen LogP contribution in [-0.4, -0.2) is 10.5 Å². The zero-order chi connectivity index (χ0) is 25.1. The number of rotatable bonds is 4. The van der Waals surface area contributed by atoms with Crippen molar-refractivity contribution in [1.29, 1.82) is 5.26 Å². The van der Waals surface area contributed by atoms with Gasteiger partial charge in [0.1, 0.15) is 10.7 Å². The first-order valence-corrected chi connectivity index (χ1v) is 12.3. The van der Waals surface area contributed by atoms with Gasteiger partial charge in [-0.1, -0.05) is 70.7 Å². The third-order valence-corrected chi connectivity index (χ3v) is 7.21. The first-order chi connectivity index (χ1) is 16.8. The van der Waals surface area contributed by atoms with Crippen molar-refractivity contribution < 1.29 is 4.79 Å². The summed E-state index contributed by atoms with van der Waals surface area (Å²) in [5.41, 5.74) is 0.767. The van der Waals surface area contributed by atoms with Crippen LogP contribution in [0.5, 0.6) is 0 Å². The number of thiazole rings is 1. The summed E-state index contributed by atoms with van der Waals surface area (Å²) in [6.07, 6.45) is 1.60. The molecule has 0 unspecified atom stereocenters. The Bertz CT molecular complexity index is 1670. The van der Waals surface area contributed by atoms with Crippen LogP contribution in [0.25, 0.3) is 17.3 Å². The number of nitrogens with zero attached hydrogens (tertiary/aromatic N) is 2. The third-order valence-electron chi connectivity index (χ3n) is 4.82. The molecule has 3 aromatic carbocycles. The maximum Gasteiger partial charge on any atom is 0.273 e. The number of carbonyl (C=O) groups excluding carboxylic acids is 1. The van der Waals surface area contributed by atoms with Crippen LogP contribution < -0.4 is 20.1 Å². The summed E-state index contributed by atoms with van der Waals surface area (Å²) in [4.78, 5) is 26.5. The summed E-state index contributed by atoms with van der Waals surface area (Å²) in [6, 6.07) is 20.1. The first kappa shape index (κ1) is 25.1. The number of hydrogen-bond acceptors (Lipinski definition) is 4. The summed E-state index contributed by atoms with van der Waals surface area (Å²) in [6.45, 7) is 0. The molecule has 0 aliphatic heterocycles. The van der Waals surface area contributed by atoms with Gasteiger partial charge >= 0.3 is 0 Å². The molecular formula is C25H13Cl4N3O2S. The molecule has 1 heterocycles. The summed E-state index contributed by atoms with van der Waals surface area (Å²) < 4.78 is 1.77. The highest BCUT2D eigenvalue weighted by Crippen LogP contribution is 2.25. The monoisotopic (exact) mass is 559 g/mol. The molecule has 0 saturated carbocycles. The number of carbonyl (C=O) groups is 1. The van der Waals surface area contributed by atoms with Crippen LogP contribution in [0.1, 0.15) is 5.56 Å². The van der Waals surface area contributed by atoms with Crippen LogP contribution in [0.2, 0.25) is 20.1 Å². The van der Waals surface area contributed by atoms with Crippen molar-refractivity contribution in [3.63, 3.8) is 0 Å². The fourth-order valence-electron chi connectivity index (χ4n) is 3.18. The molecule has 4 rings (SSSR count). The quantitative estimate of drug-likeness (QED) is 0.350. The highest BCUT2D eigenvalue weighted by Gasteiger charge is 2.18. The van der Waals surface area contributed by atoms with Gasteiger partial charge in [0.15, 0.2) is 5.57 Å². The van der Waals surface area contributed by atoms with Gasteiger partial charge in [-0.05, 0) is 54.1 Å². The Hall–Kier alpha value is -3.05. The average Bonchev–Trinajstić information content (AvgIpc) is 3.14. The summed E-state index contributed by atoms with van der Waals surface area (Å²) >= 11 is 25.2. The van der Waals surface area contributed by atoms with E-state index in [9.17, 15) is 14.9 Å². The molecule has 35 heavy (non-hydrogen) atoms. The Morgan fingerprint density at radius 2 is 1.69 bits per heavy atom. The molecule has 174 valence electrons. The topological polar surface area (TPSA) is 74.9 Å². The van der Waals surface area contributed by atoms with Gasteiger partial charge in [-0.25, -0.2) is 0 Å². The van der Waals surface area contributed by atoms with Crippen LogP contribution in [0, 0.1) is 11.3 Å². The molecule has 5 nitrogen and oxygen atoms in total. The zero-order valence-electron chi connectivity index (χ0n) is 17.6. The number of benzene rings is 3. The van der Waals surface area contributed by atoms with Gasteiger partial charge in [0.25, 0.3) is 11.5 Å². The van der Waals surface area contributed by atoms with Crippen molar-refractivity contribution in [2.45, 2.75) is 0 Å². The fraction of sp³-hybridized carbons (Fsp3) is 0. The third kappa shape index (κ3) is 5.46. The van der Waals surface area contributed by atoms with Crippen molar-refractivity contribution in [3.05, 3.63) is 112 Å². The Morgan fingerprint density at radius 1 is 0.943 bits per heavy atom. The minimum Gasteiger partial charge on any atom is -0.321 e. The number of nitrogens with one attached hydrogen (secondary N) is 1. The lowest BCUT2D eigenvalue weighted by Crippen LogP contribution is -2.32. The van der Waals surface area contributed by atoms with Crippen molar-refractivity contribution >= 4 is 81.0 Å². The van der Waals surface area contributed by atoms with E-state index in [0.717, 1.165) is 11.3 Å². The molecule has 0 aliphatic carbocycles. The van der Waals surface area contributed by atoms with E-state index in [4.69, 9.17) is 46.4 Å². The van der Waals surface area contributed by atoms with Crippen molar-refractivity contribution in [3.8, 4) is 11.8 Å². The molecular weight excluding hydrogens is 548 g/mol. The van der Waals surface area contributed by atoms with Crippen molar-refractivity contribution in [1.82, 2.24) is 4.57 Å². The molecule has 0 atom stereocenters. The number of amides is 1. The van der Waals surface area contributed by atoms with Crippen molar-refractivity contribution in [2.24, 2.45) is 0 Å². The van der Waals surface area contributed by atoms with Gasteiger partial charge in [-0.15, -0.1) is 11.3 Å². The highest BCUT2D eigenvalue weighted by atomic mass is 35.5. The second kappa shape index (κ2) is 10.7. The highest BCUT2D eigenvalue weighted by molar-refractivity contribution is 7.07. The number of nitriles is 1. The van der Waals surface area contributed by atoms with Crippen LogP contribution >= 0.6 is 57.7 Å². The van der Waals surface area contributed by atoms with Gasteiger partial charge in [0.2, 0.25) is 0 Å². The first-order valence-electron chi connectivity index (χ1n) is 9.93. The minimum absolute atomic E-state index is 0.164. The molecule has 0 aliphatic rings. The van der Waals surface area contributed by atoms with E-state index < -0.39 is 11.5 Å². The lowest BCUT2D eigenvalue weighted by atomic mass is 10.2. The molecule has 10 heteroatoms. The standard InChI is InChI=1S/C25H13Cl4N3O2S/c26-15-7-6-14(20(28)11-15)10-22-24(34)32(17-4-2-1-3-5-17)25(35-22)18(13-30)23(33)31-16-8-9-19(27)21(29)12-16/h1-12H,(H,31,33)/b22-10+,25-18-. The Labute approximate surface area is 223 Å². The van der Waals surface area contributed by atoms with E-state index in [-0.39, 0.29) is 19.8 Å². The molecule has 0 bridgehead atoms. The van der Waals surface area contributed by atoms with Crippen LogP contribution in [0.4, 0.5) is 5.69 Å². The van der Waals surface area contributed by atoms with E-state index in [0.29, 0.717) is 32.0 Å². The molecule has 0 radical (unpaired) electrons. The largest absolute Gasteiger partial charge is 0.321 e. The normalized spacial score (nSPS) is 12.3. The van der Waals surface area contributed by atoms with Crippen LogP contribution in [0.3, 0.4) is 0 Å². The van der Waals surface area contributed by atoms with Gasteiger partial charge in [-0.3, -0.25) is 14.2 Å². The summed E-state index contributed by atoms with van der Waals surface area (Å²) in [5.74, 6) is -0.701. The lowest BCUT2D eigenvalue weighted by Gasteiger charge is -2.06. The van der Waals surface area contributed by atoms with Gasteiger partial charge in [-0.2, -0.15) is 5.26 Å². The van der Waals surface area contributed by atoms with E-state index in [1.165, 1.54) is 16.7 Å². The maximum absolute atomic E-state index is 13.4. The van der Waals surface area contributed by atoms with E-state index in [1.54, 1.807) is 60.7 Å². The van der Waals surface area contributed by atoms with E-state index >= 15 is 0 Å². The average molecular weight is 561 g/mol. The second-order valence-corrected chi connectivity index (χ2v) is 9.82. The predicted molar refractivity (Wildman–Crippen MR) is 143 cm³/mol. The van der Waals surface area contributed by atoms with Gasteiger partial charge < -0.3 is 5.32 Å². The number of hydrogen-bond donors (Lipinski definition) is 1. The Kier molecular flexibility index (Phi) is 7.66. The number of anilines is 1. The number of para-hydroxylation sites is 1. The number of halogens is 4. The molecule has 0 fully saturated rings. The molecule has 1 amide bonds. The predicted octanol–water partition coefficient (Wildman–Crippen LogP) is 5.65. The Morgan fingerprint density at radius 3 is 2.34 bits per heavy atom. The second-order valence-electron chi connectivity index (χ2n) is 7.13. The molecule has 4 aromatic rings. The molecule has 0 spiro atoms. The summed E-state index contributed by atoms with van der Waals surface area (Å²) in [5, 5.41) is 13.9. The smallest absolute Gasteiger partial charge is 0.273 e. The SMILES string of the molecule is N#C/C(C(=O)Nc1ccc(Cl)c(Cl)c1)=c1/s/c(=C/c2ccc(Cl)cc2Cl)c(=O)n1-c1ccccc1. The molecule has 0 saturated heterocycles. The summed E-state index contributed by atoms with van der Waals surface area (Å²) in [7, 11) is 0. The van der Waals surface area contributed by atoms with Gasteiger partial charge in [0, 0.05) is 15.7 Å². The van der Waals surface area contributed by atoms with Crippen molar-refractivity contribution in [2.75, 3.05) is 5.32 Å². The lowest BCUT2D eigenvalue weighted by molar-refractivity contribution is -0.111. The van der Waals surface area contributed by atoms with E-state index in [2.05, 4.69) is 5.32 Å². The Balaban J connectivity index is 1.95. The molecule has 1 aromatic heterocycles. The zero-order valence-corrected chi connectivity index (χ0v) is 21.4. The van der Waals surface area contributed by atoms with Crippen LogP contribution in [0.15, 0.2) is 71.5 Å². The fourth-order valence-corrected chi connectivity index (χ4v) is 5.04. The van der Waals surface area contributed by atoms with Crippen LogP contribution in [-0.2, 0) is 4.79 Å². The van der Waals surface area contributed by atoms with Gasteiger partial charge in [0.05, 0.1) is 20.3 Å². The minimum atomic E-state index is -0.701.